The van der Waals surface area contributed by atoms with E-state index in [-0.39, 0.29) is 17.9 Å². The average molecular weight is 348 g/mol. The molecule has 2 amide bonds. The largest absolute Gasteiger partial charge is 0.494 e. The summed E-state index contributed by atoms with van der Waals surface area (Å²) >= 11 is 1.88. The molecule has 5 nitrogen and oxygen atoms in total. The van der Waals surface area contributed by atoms with Crippen LogP contribution in [0.3, 0.4) is 0 Å². The fraction of sp³-hybridized carbons (Fsp3) is 0.556. The van der Waals surface area contributed by atoms with Crippen LogP contribution in [0, 0.1) is 0 Å². The highest BCUT2D eigenvalue weighted by atomic mass is 32.2. The van der Waals surface area contributed by atoms with Crippen LogP contribution in [-0.4, -0.2) is 65.4 Å². The number of hydrogen-bond acceptors (Lipinski definition) is 4. The van der Waals surface area contributed by atoms with Crippen molar-refractivity contribution in [3.05, 3.63) is 29.8 Å². The van der Waals surface area contributed by atoms with E-state index in [0.29, 0.717) is 24.5 Å². The lowest BCUT2D eigenvalue weighted by Gasteiger charge is -2.32. The summed E-state index contributed by atoms with van der Waals surface area (Å²) in [6, 6.07) is 6.92. The number of thioether (sulfide) groups is 1. The van der Waals surface area contributed by atoms with Gasteiger partial charge in [-0.3, -0.25) is 9.59 Å². The molecule has 0 unspecified atom stereocenters. The van der Waals surface area contributed by atoms with Crippen molar-refractivity contribution >= 4 is 23.6 Å². The van der Waals surface area contributed by atoms with Crippen molar-refractivity contribution in [2.45, 2.75) is 25.8 Å². The zero-order valence-electron chi connectivity index (χ0n) is 14.1. The Morgan fingerprint density at radius 3 is 2.79 bits per heavy atom. The lowest BCUT2D eigenvalue weighted by atomic mass is 10.1. The molecule has 1 aromatic rings. The molecular formula is C18H24N2O3S. The summed E-state index contributed by atoms with van der Waals surface area (Å²) in [4.78, 5) is 29.4. The zero-order valence-corrected chi connectivity index (χ0v) is 14.9. The second-order valence-electron chi connectivity index (χ2n) is 6.06. The lowest BCUT2D eigenvalue weighted by Crippen LogP contribution is -2.50. The molecular weight excluding hydrogens is 324 g/mol. The Hall–Kier alpha value is -1.69. The molecule has 130 valence electrons. The van der Waals surface area contributed by atoms with Gasteiger partial charge in [0, 0.05) is 36.7 Å². The van der Waals surface area contributed by atoms with Gasteiger partial charge in [0.25, 0.3) is 5.91 Å². The van der Waals surface area contributed by atoms with E-state index in [0.717, 1.165) is 37.4 Å². The van der Waals surface area contributed by atoms with Crippen molar-refractivity contribution in [3.8, 4) is 5.75 Å². The van der Waals surface area contributed by atoms with Crippen molar-refractivity contribution in [2.24, 2.45) is 0 Å². The van der Waals surface area contributed by atoms with Crippen LogP contribution in [-0.2, 0) is 4.79 Å². The van der Waals surface area contributed by atoms with Gasteiger partial charge in [0.1, 0.15) is 11.8 Å². The molecule has 0 spiro atoms. The van der Waals surface area contributed by atoms with Crippen LogP contribution in [0.15, 0.2) is 24.3 Å². The van der Waals surface area contributed by atoms with Crippen LogP contribution in [0.2, 0.25) is 0 Å². The molecule has 6 heteroatoms. The Morgan fingerprint density at radius 2 is 2.04 bits per heavy atom. The molecule has 2 aliphatic heterocycles. The first kappa shape index (κ1) is 17.1. The predicted octanol–water partition coefficient (Wildman–Crippen LogP) is 2.27. The van der Waals surface area contributed by atoms with E-state index < -0.39 is 0 Å². The van der Waals surface area contributed by atoms with Gasteiger partial charge in [-0.05, 0) is 38.0 Å². The summed E-state index contributed by atoms with van der Waals surface area (Å²) in [5.74, 6) is 2.71. The van der Waals surface area contributed by atoms with Crippen LogP contribution in [0.1, 0.15) is 30.1 Å². The van der Waals surface area contributed by atoms with Gasteiger partial charge in [-0.15, -0.1) is 0 Å². The number of carbonyl (C=O) groups excluding carboxylic acids is 2. The quantitative estimate of drug-likeness (QED) is 0.837. The first-order valence-electron chi connectivity index (χ1n) is 8.61. The van der Waals surface area contributed by atoms with Gasteiger partial charge in [-0.25, -0.2) is 0 Å². The molecule has 0 N–H and O–H groups in total. The third kappa shape index (κ3) is 3.69. The molecule has 0 bridgehead atoms. The normalized spacial score (nSPS) is 21.0. The molecule has 3 rings (SSSR count). The number of nitrogens with zero attached hydrogens (tertiary/aromatic N) is 2. The van der Waals surface area contributed by atoms with E-state index in [1.54, 1.807) is 17.0 Å². The molecule has 0 saturated carbocycles. The number of hydrogen-bond donors (Lipinski definition) is 0. The van der Waals surface area contributed by atoms with Crippen molar-refractivity contribution in [1.29, 1.82) is 0 Å². The van der Waals surface area contributed by atoms with Gasteiger partial charge < -0.3 is 14.5 Å². The number of amides is 2. The summed E-state index contributed by atoms with van der Waals surface area (Å²) in [6.45, 7) is 4.72. The first-order chi connectivity index (χ1) is 11.7. The molecule has 2 aliphatic rings. The van der Waals surface area contributed by atoms with Crippen molar-refractivity contribution in [3.63, 3.8) is 0 Å². The topological polar surface area (TPSA) is 49.9 Å². The van der Waals surface area contributed by atoms with Crippen LogP contribution < -0.4 is 4.74 Å². The van der Waals surface area contributed by atoms with Gasteiger partial charge in [0.15, 0.2) is 0 Å². The first-order valence-corrected chi connectivity index (χ1v) is 9.76. The summed E-state index contributed by atoms with van der Waals surface area (Å²) in [5, 5.41) is 0. The second-order valence-corrected chi connectivity index (χ2v) is 7.28. The fourth-order valence-electron chi connectivity index (χ4n) is 3.31. The van der Waals surface area contributed by atoms with E-state index >= 15 is 0 Å². The van der Waals surface area contributed by atoms with Gasteiger partial charge in [0.2, 0.25) is 5.91 Å². The molecule has 2 saturated heterocycles. The van der Waals surface area contributed by atoms with E-state index in [4.69, 9.17) is 4.74 Å². The third-order valence-electron chi connectivity index (χ3n) is 4.51. The highest BCUT2D eigenvalue weighted by molar-refractivity contribution is 7.99. The number of ether oxygens (including phenoxy) is 1. The Balaban J connectivity index is 1.73. The average Bonchev–Trinajstić information content (AvgIpc) is 3.11. The number of benzene rings is 1. The van der Waals surface area contributed by atoms with E-state index in [1.165, 1.54) is 0 Å². The predicted molar refractivity (Wildman–Crippen MR) is 95.6 cm³/mol. The van der Waals surface area contributed by atoms with Crippen LogP contribution in [0.25, 0.3) is 0 Å². The third-order valence-corrected chi connectivity index (χ3v) is 5.46. The molecule has 1 aromatic carbocycles. The Bertz CT molecular complexity index is 602. The molecule has 0 radical (unpaired) electrons. The van der Waals surface area contributed by atoms with Crippen LogP contribution in [0.4, 0.5) is 0 Å². The highest BCUT2D eigenvalue weighted by Crippen LogP contribution is 2.24. The summed E-state index contributed by atoms with van der Waals surface area (Å²) < 4.78 is 5.48. The standard InChI is InChI=1S/C18H24N2O3S/c1-2-23-15-6-3-5-14(13-15)17(21)20-8-4-7-16(20)18(22)19-9-11-24-12-10-19/h3,5-6,13,16H,2,4,7-12H2,1H3/t16-/m0/s1. The van der Waals surface area contributed by atoms with Gasteiger partial charge >= 0.3 is 0 Å². The SMILES string of the molecule is CCOc1cccc(C(=O)N2CCC[C@H]2C(=O)N2CCSCC2)c1. The van der Waals surface area contributed by atoms with Crippen LogP contribution >= 0.6 is 11.8 Å². The molecule has 2 heterocycles. The number of likely N-dealkylation sites (tertiary alicyclic amines) is 1. The smallest absolute Gasteiger partial charge is 0.254 e. The monoisotopic (exact) mass is 348 g/mol. The van der Waals surface area contributed by atoms with E-state index in [2.05, 4.69) is 0 Å². The summed E-state index contributed by atoms with van der Waals surface area (Å²) in [5.41, 5.74) is 0.592. The molecule has 2 fully saturated rings. The summed E-state index contributed by atoms with van der Waals surface area (Å²) in [7, 11) is 0. The van der Waals surface area contributed by atoms with E-state index in [9.17, 15) is 9.59 Å². The number of rotatable bonds is 4. The maximum atomic E-state index is 12.9. The van der Waals surface area contributed by atoms with Crippen LogP contribution in [0.5, 0.6) is 5.75 Å². The maximum absolute atomic E-state index is 12.9. The number of carbonyl (C=O) groups is 2. The minimum atomic E-state index is -0.309. The summed E-state index contributed by atoms with van der Waals surface area (Å²) in [6.07, 6.45) is 1.65. The Morgan fingerprint density at radius 1 is 1.25 bits per heavy atom. The molecule has 0 aliphatic carbocycles. The highest BCUT2D eigenvalue weighted by Gasteiger charge is 2.37. The van der Waals surface area contributed by atoms with E-state index in [1.807, 2.05) is 35.7 Å². The maximum Gasteiger partial charge on any atom is 0.254 e. The second kappa shape index (κ2) is 7.92. The van der Waals surface area contributed by atoms with Crippen molar-refractivity contribution in [2.75, 3.05) is 37.7 Å². The minimum Gasteiger partial charge on any atom is -0.494 e. The fourth-order valence-corrected chi connectivity index (χ4v) is 4.22. The minimum absolute atomic E-state index is 0.0706. The van der Waals surface area contributed by atoms with Crippen molar-refractivity contribution < 1.29 is 14.3 Å². The molecule has 0 aromatic heterocycles. The zero-order chi connectivity index (χ0) is 16.9. The Labute approximate surface area is 147 Å². The van der Waals surface area contributed by atoms with Crippen molar-refractivity contribution in [1.82, 2.24) is 9.80 Å². The Kier molecular flexibility index (Phi) is 5.66. The molecule has 24 heavy (non-hydrogen) atoms. The lowest BCUT2D eigenvalue weighted by molar-refractivity contribution is -0.134. The van der Waals surface area contributed by atoms with Gasteiger partial charge in [-0.1, -0.05) is 6.07 Å². The molecule has 1 atom stereocenters. The van der Waals surface area contributed by atoms with Gasteiger partial charge in [0.05, 0.1) is 6.61 Å². The van der Waals surface area contributed by atoms with Gasteiger partial charge in [-0.2, -0.15) is 11.8 Å².